The Kier molecular flexibility index (Phi) is 3.97. The molecule has 3 nitrogen and oxygen atoms in total. The van der Waals surface area contributed by atoms with Crippen LogP contribution >= 0.6 is 23.2 Å². The summed E-state index contributed by atoms with van der Waals surface area (Å²) in [5.41, 5.74) is 0.714. The molecule has 0 aromatic heterocycles. The highest BCUT2D eigenvalue weighted by atomic mass is 35.5. The molecule has 0 radical (unpaired) electrons. The molecule has 1 aromatic rings. The van der Waals surface area contributed by atoms with E-state index in [1.807, 2.05) is 19.9 Å². The summed E-state index contributed by atoms with van der Waals surface area (Å²) in [5.74, 6) is 0. The Balaban J connectivity index is 2.17. The van der Waals surface area contributed by atoms with Crippen LogP contribution in [0.3, 0.4) is 0 Å². The van der Waals surface area contributed by atoms with Gasteiger partial charge in [-0.2, -0.15) is 5.06 Å². The molecule has 1 heterocycles. The first kappa shape index (κ1) is 13.8. The van der Waals surface area contributed by atoms with Crippen LogP contribution in [0, 0.1) is 5.41 Å². The van der Waals surface area contributed by atoms with Crippen LogP contribution in [0.25, 0.3) is 0 Å². The lowest BCUT2D eigenvalue weighted by Gasteiger charge is -2.24. The zero-order chi connectivity index (χ0) is 13.3. The molecule has 5 heteroatoms. The summed E-state index contributed by atoms with van der Waals surface area (Å²) in [7, 11) is 0. The predicted octanol–water partition coefficient (Wildman–Crippen LogP) is 3.33. The van der Waals surface area contributed by atoms with E-state index in [0.29, 0.717) is 23.2 Å². The Morgan fingerprint density at radius 2 is 2.22 bits per heavy atom. The Bertz CT molecular complexity index is 462. The molecule has 0 N–H and O–H groups in total. The van der Waals surface area contributed by atoms with E-state index < -0.39 is 0 Å². The van der Waals surface area contributed by atoms with Crippen LogP contribution in [0.5, 0.6) is 0 Å². The molecular weight excluding hydrogens is 273 g/mol. The smallest absolute Gasteiger partial charge is 0.140 e. The van der Waals surface area contributed by atoms with Gasteiger partial charge in [-0.1, -0.05) is 43.1 Å². The standard InChI is InChI=1S/C13H15Cl2NO2/c1-13(2)8-18-16(12(13)7-17)6-9-3-4-10(14)5-11(9)15/h3-5,7,12H,6,8H2,1-2H3. The van der Waals surface area contributed by atoms with E-state index in [1.165, 1.54) is 0 Å². The first-order chi connectivity index (χ1) is 8.44. The maximum absolute atomic E-state index is 11.2. The maximum atomic E-state index is 11.2. The van der Waals surface area contributed by atoms with Crippen LogP contribution in [0.15, 0.2) is 18.2 Å². The lowest BCUT2D eigenvalue weighted by Crippen LogP contribution is -2.37. The quantitative estimate of drug-likeness (QED) is 0.799. The van der Waals surface area contributed by atoms with Crippen LogP contribution in [0.4, 0.5) is 0 Å². The summed E-state index contributed by atoms with van der Waals surface area (Å²) >= 11 is 12.0. The van der Waals surface area contributed by atoms with Crippen molar-refractivity contribution in [2.75, 3.05) is 6.61 Å². The molecule has 1 atom stereocenters. The zero-order valence-electron chi connectivity index (χ0n) is 10.3. The summed E-state index contributed by atoms with van der Waals surface area (Å²) < 4.78 is 0. The molecule has 2 rings (SSSR count). The normalized spacial score (nSPS) is 23.2. The van der Waals surface area contributed by atoms with Crippen molar-refractivity contribution in [3.8, 4) is 0 Å². The van der Waals surface area contributed by atoms with Crippen molar-refractivity contribution in [3.05, 3.63) is 33.8 Å². The van der Waals surface area contributed by atoms with E-state index in [9.17, 15) is 4.79 Å². The fraction of sp³-hybridized carbons (Fsp3) is 0.462. The van der Waals surface area contributed by atoms with Crippen LogP contribution in [-0.4, -0.2) is 24.0 Å². The number of hydrogen-bond acceptors (Lipinski definition) is 3. The van der Waals surface area contributed by atoms with Gasteiger partial charge in [-0.25, -0.2) is 0 Å². The lowest BCUT2D eigenvalue weighted by atomic mass is 9.87. The average Bonchev–Trinajstić information content (AvgIpc) is 2.57. The second-order valence-electron chi connectivity index (χ2n) is 5.15. The topological polar surface area (TPSA) is 29.5 Å². The van der Waals surface area contributed by atoms with Gasteiger partial charge in [-0.15, -0.1) is 0 Å². The minimum absolute atomic E-state index is 0.180. The molecule has 1 aliphatic rings. The monoisotopic (exact) mass is 287 g/mol. The second kappa shape index (κ2) is 5.17. The molecule has 0 spiro atoms. The number of hydrogen-bond donors (Lipinski definition) is 0. The van der Waals surface area contributed by atoms with Crippen LogP contribution in [0.2, 0.25) is 10.0 Å². The number of carbonyl (C=O) groups excluding carboxylic acids is 1. The highest BCUT2D eigenvalue weighted by molar-refractivity contribution is 6.35. The van der Waals surface area contributed by atoms with Gasteiger partial charge in [-0.3, -0.25) is 4.84 Å². The first-order valence-electron chi connectivity index (χ1n) is 5.73. The molecule has 98 valence electrons. The molecule has 1 aliphatic heterocycles. The van der Waals surface area contributed by atoms with Crippen molar-refractivity contribution in [1.82, 2.24) is 5.06 Å². The van der Waals surface area contributed by atoms with E-state index >= 15 is 0 Å². The SMILES string of the molecule is CC1(C)CON(Cc2ccc(Cl)cc2Cl)C1C=O. The predicted molar refractivity (Wildman–Crippen MR) is 71.6 cm³/mol. The summed E-state index contributed by atoms with van der Waals surface area (Å²) in [6.45, 7) is 5.02. The van der Waals surface area contributed by atoms with E-state index in [0.717, 1.165) is 11.8 Å². The third-order valence-corrected chi connectivity index (χ3v) is 3.77. The Morgan fingerprint density at radius 3 is 2.83 bits per heavy atom. The molecular formula is C13H15Cl2NO2. The third-order valence-electron chi connectivity index (χ3n) is 3.18. The Labute approximate surface area is 117 Å². The maximum Gasteiger partial charge on any atom is 0.140 e. The number of aldehydes is 1. The lowest BCUT2D eigenvalue weighted by molar-refractivity contribution is -0.148. The van der Waals surface area contributed by atoms with E-state index in [4.69, 9.17) is 28.0 Å². The van der Waals surface area contributed by atoms with Crippen molar-refractivity contribution >= 4 is 29.5 Å². The number of carbonyl (C=O) groups is 1. The molecule has 0 bridgehead atoms. The zero-order valence-corrected chi connectivity index (χ0v) is 11.8. The Morgan fingerprint density at radius 1 is 1.50 bits per heavy atom. The van der Waals surface area contributed by atoms with Crippen molar-refractivity contribution < 1.29 is 9.63 Å². The first-order valence-corrected chi connectivity index (χ1v) is 6.48. The number of hydroxylamine groups is 2. The van der Waals surface area contributed by atoms with E-state index in [1.54, 1.807) is 17.2 Å². The van der Waals surface area contributed by atoms with Crippen molar-refractivity contribution in [1.29, 1.82) is 0 Å². The number of benzene rings is 1. The number of rotatable bonds is 3. The summed E-state index contributed by atoms with van der Waals surface area (Å²) in [5, 5.41) is 2.86. The van der Waals surface area contributed by atoms with Crippen LogP contribution < -0.4 is 0 Å². The largest absolute Gasteiger partial charge is 0.302 e. The molecule has 1 saturated heterocycles. The van der Waals surface area contributed by atoms with Crippen molar-refractivity contribution in [2.45, 2.75) is 26.4 Å². The van der Waals surface area contributed by atoms with Gasteiger partial charge < -0.3 is 4.79 Å². The molecule has 1 aromatic carbocycles. The fourth-order valence-electron chi connectivity index (χ4n) is 2.02. The average molecular weight is 288 g/mol. The molecule has 1 fully saturated rings. The molecule has 0 aliphatic carbocycles. The van der Waals surface area contributed by atoms with Gasteiger partial charge in [0.2, 0.25) is 0 Å². The van der Waals surface area contributed by atoms with Gasteiger partial charge in [0.05, 0.1) is 19.2 Å². The molecule has 0 saturated carbocycles. The number of nitrogens with zero attached hydrogens (tertiary/aromatic N) is 1. The third kappa shape index (κ3) is 2.69. The van der Waals surface area contributed by atoms with Crippen molar-refractivity contribution in [3.63, 3.8) is 0 Å². The minimum atomic E-state index is -0.260. The van der Waals surface area contributed by atoms with Gasteiger partial charge >= 0.3 is 0 Å². The second-order valence-corrected chi connectivity index (χ2v) is 6.00. The van der Waals surface area contributed by atoms with Gasteiger partial charge in [0.25, 0.3) is 0 Å². The molecule has 0 amide bonds. The molecule has 18 heavy (non-hydrogen) atoms. The number of halogens is 2. The minimum Gasteiger partial charge on any atom is -0.302 e. The summed E-state index contributed by atoms with van der Waals surface area (Å²) in [4.78, 5) is 16.8. The summed E-state index contributed by atoms with van der Waals surface area (Å²) in [6.07, 6.45) is 0.927. The van der Waals surface area contributed by atoms with Crippen LogP contribution in [0.1, 0.15) is 19.4 Å². The Hall–Kier alpha value is -0.610. The van der Waals surface area contributed by atoms with Gasteiger partial charge in [0, 0.05) is 15.5 Å². The van der Waals surface area contributed by atoms with Crippen LogP contribution in [-0.2, 0) is 16.2 Å². The van der Waals surface area contributed by atoms with E-state index in [2.05, 4.69) is 0 Å². The van der Waals surface area contributed by atoms with Gasteiger partial charge in [-0.05, 0) is 17.7 Å². The highest BCUT2D eigenvalue weighted by Crippen LogP contribution is 2.33. The molecule has 1 unspecified atom stereocenters. The summed E-state index contributed by atoms with van der Waals surface area (Å²) in [6, 6.07) is 5.06. The van der Waals surface area contributed by atoms with Crippen molar-refractivity contribution in [2.24, 2.45) is 5.41 Å². The fourth-order valence-corrected chi connectivity index (χ4v) is 2.49. The highest BCUT2D eigenvalue weighted by Gasteiger charge is 2.41. The van der Waals surface area contributed by atoms with Gasteiger partial charge in [0.1, 0.15) is 6.29 Å². The van der Waals surface area contributed by atoms with Gasteiger partial charge in [0.15, 0.2) is 0 Å². The van der Waals surface area contributed by atoms with E-state index in [-0.39, 0.29) is 11.5 Å².